The maximum absolute atomic E-state index is 13.6. The number of nitrogens with one attached hydrogen (secondary N) is 1. The molecule has 1 aromatic heterocycles. The van der Waals surface area contributed by atoms with Gasteiger partial charge in [0.1, 0.15) is 0 Å². The number of para-hydroxylation sites is 1. The second-order valence-corrected chi connectivity index (χ2v) is 5.40. The number of alkyl halides is 3. The number of nitrogens with zero attached hydrogens (tertiary/aromatic N) is 1. The molecule has 0 aliphatic carbocycles. The number of aliphatic hydroxyl groups is 1. The summed E-state index contributed by atoms with van der Waals surface area (Å²) in [6, 6.07) is 14.0. The van der Waals surface area contributed by atoms with E-state index in [0.29, 0.717) is 11.1 Å². The van der Waals surface area contributed by atoms with Crippen molar-refractivity contribution < 1.29 is 18.3 Å². The van der Waals surface area contributed by atoms with Crippen LogP contribution in [0.1, 0.15) is 16.7 Å². The van der Waals surface area contributed by atoms with Crippen LogP contribution >= 0.6 is 0 Å². The van der Waals surface area contributed by atoms with Crippen molar-refractivity contribution in [2.45, 2.75) is 11.8 Å². The van der Waals surface area contributed by atoms with Crippen molar-refractivity contribution in [3.05, 3.63) is 71.4 Å². The summed E-state index contributed by atoms with van der Waals surface area (Å²) < 4.78 is 40.8. The molecule has 3 rings (SSSR count). The van der Waals surface area contributed by atoms with Crippen molar-refractivity contribution >= 4 is 10.9 Å². The summed E-state index contributed by atoms with van der Waals surface area (Å²) in [5.41, 5.74) is -2.56. The molecule has 124 valence electrons. The first-order valence-electron chi connectivity index (χ1n) is 7.24. The van der Waals surface area contributed by atoms with Crippen LogP contribution in [0.5, 0.6) is 0 Å². The Kier molecular flexibility index (Phi) is 4.00. The van der Waals surface area contributed by atoms with Crippen molar-refractivity contribution in [2.75, 3.05) is 0 Å². The molecule has 0 saturated carbocycles. The van der Waals surface area contributed by atoms with E-state index in [9.17, 15) is 18.3 Å². The number of benzene rings is 2. The molecule has 0 amide bonds. The minimum Gasteiger partial charge on any atom is -0.366 e. The fourth-order valence-corrected chi connectivity index (χ4v) is 2.45. The lowest BCUT2D eigenvalue weighted by Gasteiger charge is -2.25. The smallest absolute Gasteiger partial charge is 0.366 e. The number of aromatic amines is 1. The molecule has 6 heteroatoms. The van der Waals surface area contributed by atoms with Gasteiger partial charge >= 0.3 is 6.18 Å². The highest BCUT2D eigenvalue weighted by atomic mass is 19.4. The van der Waals surface area contributed by atoms with E-state index in [1.165, 1.54) is 30.3 Å². The largest absolute Gasteiger partial charge is 0.433 e. The first kappa shape index (κ1) is 16.6. The number of rotatable bonds is 1. The third-order valence-electron chi connectivity index (χ3n) is 3.79. The number of fused-ring (bicyclic) bond motifs is 1. The fourth-order valence-electron chi connectivity index (χ4n) is 2.45. The number of halogens is 3. The van der Waals surface area contributed by atoms with Gasteiger partial charge in [0, 0.05) is 28.2 Å². The number of aromatic nitrogens is 1. The number of nitriles is 1. The zero-order chi connectivity index (χ0) is 18.1. The third kappa shape index (κ3) is 2.96. The Morgan fingerprint density at radius 1 is 0.960 bits per heavy atom. The van der Waals surface area contributed by atoms with Gasteiger partial charge in [-0.25, -0.2) is 0 Å². The summed E-state index contributed by atoms with van der Waals surface area (Å²) in [7, 11) is 0. The second kappa shape index (κ2) is 6.01. The van der Waals surface area contributed by atoms with Crippen molar-refractivity contribution in [3.63, 3.8) is 0 Å². The zero-order valence-corrected chi connectivity index (χ0v) is 12.7. The molecule has 25 heavy (non-hydrogen) atoms. The van der Waals surface area contributed by atoms with Gasteiger partial charge < -0.3 is 10.1 Å². The average molecular weight is 340 g/mol. The molecule has 1 heterocycles. The monoisotopic (exact) mass is 340 g/mol. The van der Waals surface area contributed by atoms with Crippen molar-refractivity contribution in [1.29, 1.82) is 5.26 Å². The molecule has 0 aliphatic rings. The Hall–Kier alpha value is -3.22. The molecule has 0 spiro atoms. The average Bonchev–Trinajstić information content (AvgIpc) is 3.03. The molecule has 3 aromatic rings. The van der Waals surface area contributed by atoms with Crippen LogP contribution < -0.4 is 0 Å². The van der Waals surface area contributed by atoms with E-state index in [-0.39, 0.29) is 16.5 Å². The number of hydrogen-bond donors (Lipinski definition) is 2. The molecule has 0 fully saturated rings. The normalized spacial score (nSPS) is 13.6. The lowest BCUT2D eigenvalue weighted by atomic mass is 9.93. The molecule has 0 radical (unpaired) electrons. The summed E-state index contributed by atoms with van der Waals surface area (Å²) in [6.45, 7) is 0. The minimum absolute atomic E-state index is 0.247. The van der Waals surface area contributed by atoms with E-state index < -0.39 is 11.8 Å². The van der Waals surface area contributed by atoms with Crippen LogP contribution in [0.15, 0.2) is 54.7 Å². The van der Waals surface area contributed by atoms with Gasteiger partial charge in [0.2, 0.25) is 0 Å². The first-order chi connectivity index (χ1) is 11.8. The van der Waals surface area contributed by atoms with E-state index in [4.69, 9.17) is 5.26 Å². The summed E-state index contributed by atoms with van der Waals surface area (Å²) >= 11 is 0. The minimum atomic E-state index is -4.99. The molecule has 2 aromatic carbocycles. The van der Waals surface area contributed by atoms with Gasteiger partial charge in [-0.3, -0.25) is 0 Å². The molecule has 3 nitrogen and oxygen atoms in total. The Bertz CT molecular complexity index is 1020. The molecule has 1 atom stereocenters. The summed E-state index contributed by atoms with van der Waals surface area (Å²) in [4.78, 5) is 2.72. The molecule has 1 unspecified atom stereocenters. The van der Waals surface area contributed by atoms with Crippen LogP contribution in [0, 0.1) is 23.2 Å². The van der Waals surface area contributed by atoms with E-state index >= 15 is 0 Å². The Morgan fingerprint density at radius 3 is 2.24 bits per heavy atom. The van der Waals surface area contributed by atoms with Crippen LogP contribution in [0.3, 0.4) is 0 Å². The zero-order valence-electron chi connectivity index (χ0n) is 12.7. The lowest BCUT2D eigenvalue weighted by molar-refractivity contribution is -0.240. The van der Waals surface area contributed by atoms with Gasteiger partial charge in [-0.2, -0.15) is 18.4 Å². The topological polar surface area (TPSA) is 59.8 Å². The Morgan fingerprint density at radius 2 is 1.60 bits per heavy atom. The molecular weight excluding hydrogens is 329 g/mol. The van der Waals surface area contributed by atoms with Gasteiger partial charge in [-0.15, -0.1) is 0 Å². The molecule has 0 bridgehead atoms. The maximum Gasteiger partial charge on any atom is 0.433 e. The summed E-state index contributed by atoms with van der Waals surface area (Å²) in [5.74, 6) is 4.31. The predicted octanol–water partition coefficient (Wildman–Crippen LogP) is 3.84. The van der Waals surface area contributed by atoms with Crippen LogP contribution in [0.4, 0.5) is 13.2 Å². The van der Waals surface area contributed by atoms with Gasteiger partial charge in [0.05, 0.1) is 11.6 Å². The molecular formula is C19H11F3N2O. The first-order valence-corrected chi connectivity index (χ1v) is 7.24. The standard InChI is InChI=1S/C19H11F3N2O/c20-19(21,22)18(25,10-9-13-5-7-14(11-23)8-6-13)16-12-24-17-4-2-1-3-15(16)17/h1-8,12,24-25H. The maximum atomic E-state index is 13.6. The van der Waals surface area contributed by atoms with E-state index in [1.807, 2.05) is 12.0 Å². The summed E-state index contributed by atoms with van der Waals surface area (Å²) in [5, 5.41) is 19.4. The number of hydrogen-bond acceptors (Lipinski definition) is 2. The van der Waals surface area contributed by atoms with Crippen LogP contribution in [-0.2, 0) is 5.60 Å². The van der Waals surface area contributed by atoms with E-state index in [2.05, 4.69) is 10.9 Å². The second-order valence-electron chi connectivity index (χ2n) is 5.40. The number of H-pyrrole nitrogens is 1. The molecule has 0 saturated heterocycles. The van der Waals surface area contributed by atoms with Gasteiger partial charge in [-0.05, 0) is 36.3 Å². The molecule has 0 aliphatic heterocycles. The fraction of sp³-hybridized carbons (Fsp3) is 0.105. The van der Waals surface area contributed by atoms with Gasteiger partial charge in [0.15, 0.2) is 0 Å². The highest BCUT2D eigenvalue weighted by Crippen LogP contribution is 2.41. The SMILES string of the molecule is N#Cc1ccc(C#CC(O)(c2c[nH]c3ccccc23)C(F)(F)F)cc1. The highest BCUT2D eigenvalue weighted by molar-refractivity contribution is 5.84. The lowest BCUT2D eigenvalue weighted by Crippen LogP contribution is -2.40. The van der Waals surface area contributed by atoms with Crippen molar-refractivity contribution in [1.82, 2.24) is 4.98 Å². The van der Waals surface area contributed by atoms with Gasteiger partial charge in [-0.1, -0.05) is 24.1 Å². The molecule has 2 N–H and O–H groups in total. The van der Waals surface area contributed by atoms with E-state index in [0.717, 1.165) is 6.20 Å². The summed E-state index contributed by atoms with van der Waals surface area (Å²) in [6.07, 6.45) is -3.87. The quantitative estimate of drug-likeness (QED) is 0.661. The highest BCUT2D eigenvalue weighted by Gasteiger charge is 2.55. The Balaban J connectivity index is 2.12. The van der Waals surface area contributed by atoms with Crippen LogP contribution in [0.2, 0.25) is 0 Å². The van der Waals surface area contributed by atoms with E-state index in [1.54, 1.807) is 18.2 Å². The third-order valence-corrected chi connectivity index (χ3v) is 3.79. The van der Waals surface area contributed by atoms with Crippen molar-refractivity contribution in [3.8, 4) is 17.9 Å². The van der Waals surface area contributed by atoms with Gasteiger partial charge in [0.25, 0.3) is 5.60 Å². The Labute approximate surface area is 141 Å². The predicted molar refractivity (Wildman–Crippen MR) is 86.3 cm³/mol. The van der Waals surface area contributed by atoms with Crippen LogP contribution in [-0.4, -0.2) is 16.3 Å². The van der Waals surface area contributed by atoms with Crippen LogP contribution in [0.25, 0.3) is 10.9 Å². The van der Waals surface area contributed by atoms with Crippen molar-refractivity contribution in [2.24, 2.45) is 0 Å².